The van der Waals surface area contributed by atoms with Crippen LogP contribution in [0.1, 0.15) is 52.4 Å². The topological polar surface area (TPSA) is 29.3 Å². The van der Waals surface area contributed by atoms with Crippen LogP contribution >= 0.6 is 0 Å². The second kappa shape index (κ2) is 5.50. The van der Waals surface area contributed by atoms with Crippen molar-refractivity contribution >= 4 is 0 Å². The van der Waals surface area contributed by atoms with Crippen molar-refractivity contribution in [3.8, 4) is 0 Å². The third kappa shape index (κ3) is 2.60. The van der Waals surface area contributed by atoms with Crippen molar-refractivity contribution in [3.05, 3.63) is 0 Å². The van der Waals surface area contributed by atoms with Gasteiger partial charge in [-0.2, -0.15) is 0 Å². The van der Waals surface area contributed by atoms with Crippen LogP contribution < -0.4 is 5.73 Å². The van der Waals surface area contributed by atoms with Gasteiger partial charge < -0.3 is 5.73 Å². The van der Waals surface area contributed by atoms with E-state index in [4.69, 9.17) is 5.73 Å². The molecule has 0 spiro atoms. The Morgan fingerprint density at radius 1 is 0.938 bits per heavy atom. The predicted octanol–water partition coefficient (Wildman–Crippen LogP) is 2.62. The van der Waals surface area contributed by atoms with E-state index in [1.54, 1.807) is 0 Å². The molecule has 0 radical (unpaired) electrons. The Morgan fingerprint density at radius 2 is 1.50 bits per heavy atom. The van der Waals surface area contributed by atoms with Crippen molar-refractivity contribution < 1.29 is 0 Å². The summed E-state index contributed by atoms with van der Waals surface area (Å²) >= 11 is 0. The van der Waals surface area contributed by atoms with Crippen LogP contribution in [0.2, 0.25) is 0 Å². The first-order chi connectivity index (χ1) is 7.72. The Hall–Kier alpha value is -0.0800. The number of rotatable bonds is 3. The average molecular weight is 224 g/mol. The molecule has 0 aromatic rings. The van der Waals surface area contributed by atoms with Crippen LogP contribution in [0.15, 0.2) is 0 Å². The molecule has 0 amide bonds. The second-order valence-corrected chi connectivity index (χ2v) is 6.01. The van der Waals surface area contributed by atoms with Crippen molar-refractivity contribution in [1.29, 1.82) is 0 Å². The SMILES string of the molecule is CC1CCCC(C)N1CC1CCCC1CN. The van der Waals surface area contributed by atoms with E-state index in [0.717, 1.165) is 30.5 Å². The van der Waals surface area contributed by atoms with Crippen molar-refractivity contribution in [2.75, 3.05) is 13.1 Å². The van der Waals surface area contributed by atoms with E-state index in [9.17, 15) is 0 Å². The van der Waals surface area contributed by atoms with Crippen LogP contribution in [0.4, 0.5) is 0 Å². The van der Waals surface area contributed by atoms with Gasteiger partial charge in [-0.05, 0) is 57.9 Å². The zero-order valence-corrected chi connectivity index (χ0v) is 11.0. The van der Waals surface area contributed by atoms with Crippen LogP contribution in [0.3, 0.4) is 0 Å². The molecule has 0 aromatic heterocycles. The minimum atomic E-state index is 0.794. The van der Waals surface area contributed by atoms with E-state index in [1.165, 1.54) is 45.1 Å². The number of piperidine rings is 1. The lowest BCUT2D eigenvalue weighted by atomic mass is 9.91. The lowest BCUT2D eigenvalue weighted by Gasteiger charge is -2.41. The van der Waals surface area contributed by atoms with E-state index < -0.39 is 0 Å². The molecule has 16 heavy (non-hydrogen) atoms. The van der Waals surface area contributed by atoms with Crippen molar-refractivity contribution in [3.63, 3.8) is 0 Å². The van der Waals surface area contributed by atoms with Gasteiger partial charge in [0.05, 0.1) is 0 Å². The van der Waals surface area contributed by atoms with Crippen molar-refractivity contribution in [2.24, 2.45) is 17.6 Å². The molecule has 4 unspecified atom stereocenters. The molecule has 0 aromatic carbocycles. The fraction of sp³-hybridized carbons (Fsp3) is 1.00. The number of nitrogens with zero attached hydrogens (tertiary/aromatic N) is 1. The molecule has 0 bridgehead atoms. The minimum Gasteiger partial charge on any atom is -0.330 e. The van der Waals surface area contributed by atoms with Gasteiger partial charge in [-0.1, -0.05) is 12.8 Å². The molecule has 1 saturated heterocycles. The van der Waals surface area contributed by atoms with Gasteiger partial charge in [-0.3, -0.25) is 4.90 Å². The molecule has 1 saturated carbocycles. The van der Waals surface area contributed by atoms with Gasteiger partial charge in [0.15, 0.2) is 0 Å². The molecule has 1 aliphatic heterocycles. The highest BCUT2D eigenvalue weighted by Crippen LogP contribution is 2.34. The lowest BCUT2D eigenvalue weighted by Crippen LogP contribution is -2.46. The molecule has 2 aliphatic rings. The number of nitrogens with two attached hydrogens (primary N) is 1. The molecular formula is C14H28N2. The van der Waals surface area contributed by atoms with Crippen LogP contribution in [0.25, 0.3) is 0 Å². The van der Waals surface area contributed by atoms with Crippen molar-refractivity contribution in [2.45, 2.75) is 64.5 Å². The highest BCUT2D eigenvalue weighted by Gasteiger charge is 2.32. The third-order valence-corrected chi connectivity index (χ3v) is 4.94. The maximum atomic E-state index is 5.88. The molecule has 1 heterocycles. The number of hydrogen-bond acceptors (Lipinski definition) is 2. The summed E-state index contributed by atoms with van der Waals surface area (Å²) in [5.74, 6) is 1.69. The standard InChI is InChI=1S/C14H28N2/c1-11-5-3-6-12(2)16(11)10-14-8-4-7-13(14)9-15/h11-14H,3-10,15H2,1-2H3. The lowest BCUT2D eigenvalue weighted by molar-refractivity contribution is 0.0764. The van der Waals surface area contributed by atoms with Crippen molar-refractivity contribution in [1.82, 2.24) is 4.90 Å². The maximum Gasteiger partial charge on any atom is 0.00698 e. The van der Waals surface area contributed by atoms with Crippen LogP contribution in [0.5, 0.6) is 0 Å². The van der Waals surface area contributed by atoms with Gasteiger partial charge in [0, 0.05) is 18.6 Å². The summed E-state index contributed by atoms with van der Waals surface area (Å²) in [4.78, 5) is 2.75. The largest absolute Gasteiger partial charge is 0.330 e. The zero-order chi connectivity index (χ0) is 11.5. The van der Waals surface area contributed by atoms with Crippen LogP contribution in [-0.2, 0) is 0 Å². The highest BCUT2D eigenvalue weighted by atomic mass is 15.2. The van der Waals surface area contributed by atoms with E-state index in [2.05, 4.69) is 18.7 Å². The van der Waals surface area contributed by atoms with Crippen LogP contribution in [-0.4, -0.2) is 30.1 Å². The molecule has 2 N–H and O–H groups in total. The summed E-state index contributed by atoms with van der Waals surface area (Å²) in [6.07, 6.45) is 8.40. The summed E-state index contributed by atoms with van der Waals surface area (Å²) in [5, 5.41) is 0. The third-order valence-electron chi connectivity index (χ3n) is 4.94. The maximum absolute atomic E-state index is 5.88. The van der Waals surface area contributed by atoms with Gasteiger partial charge >= 0.3 is 0 Å². The Kier molecular flexibility index (Phi) is 4.26. The second-order valence-electron chi connectivity index (χ2n) is 6.01. The predicted molar refractivity (Wildman–Crippen MR) is 69.4 cm³/mol. The molecule has 94 valence electrons. The quantitative estimate of drug-likeness (QED) is 0.798. The molecule has 2 heteroatoms. The Balaban J connectivity index is 1.91. The van der Waals surface area contributed by atoms with E-state index in [1.807, 2.05) is 0 Å². The number of likely N-dealkylation sites (tertiary alicyclic amines) is 1. The average Bonchev–Trinajstić information content (AvgIpc) is 2.71. The first-order valence-electron chi connectivity index (χ1n) is 7.18. The Morgan fingerprint density at radius 3 is 2.12 bits per heavy atom. The monoisotopic (exact) mass is 224 g/mol. The Bertz CT molecular complexity index is 207. The van der Waals surface area contributed by atoms with Gasteiger partial charge in [-0.15, -0.1) is 0 Å². The summed E-state index contributed by atoms with van der Waals surface area (Å²) in [7, 11) is 0. The molecular weight excluding hydrogens is 196 g/mol. The zero-order valence-electron chi connectivity index (χ0n) is 11.0. The summed E-state index contributed by atoms with van der Waals surface area (Å²) in [6.45, 7) is 7.02. The first kappa shape index (κ1) is 12.4. The van der Waals surface area contributed by atoms with Gasteiger partial charge in [0.25, 0.3) is 0 Å². The first-order valence-corrected chi connectivity index (χ1v) is 7.18. The molecule has 2 fully saturated rings. The van der Waals surface area contributed by atoms with Crippen LogP contribution in [0, 0.1) is 11.8 Å². The fourth-order valence-electron chi connectivity index (χ4n) is 3.77. The molecule has 4 atom stereocenters. The number of hydrogen-bond donors (Lipinski definition) is 1. The summed E-state index contributed by atoms with van der Waals surface area (Å²) in [6, 6.07) is 1.59. The summed E-state index contributed by atoms with van der Waals surface area (Å²) < 4.78 is 0. The Labute approximate surface area is 101 Å². The van der Waals surface area contributed by atoms with E-state index in [0.29, 0.717) is 0 Å². The molecule has 2 nitrogen and oxygen atoms in total. The molecule has 1 aliphatic carbocycles. The van der Waals surface area contributed by atoms with E-state index in [-0.39, 0.29) is 0 Å². The minimum absolute atomic E-state index is 0.794. The fourth-order valence-corrected chi connectivity index (χ4v) is 3.77. The summed E-state index contributed by atoms with van der Waals surface area (Å²) in [5.41, 5.74) is 5.88. The highest BCUT2D eigenvalue weighted by molar-refractivity contribution is 4.86. The smallest absolute Gasteiger partial charge is 0.00698 e. The van der Waals surface area contributed by atoms with Gasteiger partial charge in [0.2, 0.25) is 0 Å². The molecule has 2 rings (SSSR count). The normalized spacial score (nSPS) is 41.4. The van der Waals surface area contributed by atoms with Gasteiger partial charge in [-0.25, -0.2) is 0 Å². The van der Waals surface area contributed by atoms with Gasteiger partial charge in [0.1, 0.15) is 0 Å². The van der Waals surface area contributed by atoms with E-state index >= 15 is 0 Å².